The fourth-order valence-corrected chi connectivity index (χ4v) is 4.31. The first kappa shape index (κ1) is 20.6. The van der Waals surface area contributed by atoms with Gasteiger partial charge in [0.1, 0.15) is 5.75 Å². The van der Waals surface area contributed by atoms with Gasteiger partial charge in [-0.05, 0) is 42.5 Å². The molecular weight excluding hydrogens is 410 g/mol. The molecule has 29 heavy (non-hydrogen) atoms. The van der Waals surface area contributed by atoms with Crippen LogP contribution in [0.25, 0.3) is 0 Å². The smallest absolute Gasteiger partial charge is 0.345 e. The van der Waals surface area contributed by atoms with E-state index < -0.39 is 16.0 Å². The van der Waals surface area contributed by atoms with Crippen LogP contribution in [0.2, 0.25) is 5.02 Å². The van der Waals surface area contributed by atoms with Crippen LogP contribution in [0.1, 0.15) is 10.4 Å². The molecule has 0 radical (unpaired) electrons. The van der Waals surface area contributed by atoms with E-state index in [1.807, 2.05) is 0 Å². The van der Waals surface area contributed by atoms with Crippen LogP contribution in [0.5, 0.6) is 5.75 Å². The third-order valence-corrected chi connectivity index (χ3v) is 6.16. The highest BCUT2D eigenvalue weighted by atomic mass is 35.5. The maximum absolute atomic E-state index is 13.3. The van der Waals surface area contributed by atoms with E-state index in [1.165, 1.54) is 28.6 Å². The number of carbonyl (C=O) groups excluding carboxylic acids is 1. The summed E-state index contributed by atoms with van der Waals surface area (Å²) in [5.74, 6) is -0.410. The van der Waals surface area contributed by atoms with Gasteiger partial charge in [-0.3, -0.25) is 4.31 Å². The van der Waals surface area contributed by atoms with Gasteiger partial charge in [-0.1, -0.05) is 54.1 Å². The number of ether oxygens (including phenoxy) is 1. The second-order valence-corrected chi connectivity index (χ2v) is 8.27. The summed E-state index contributed by atoms with van der Waals surface area (Å²) in [6.07, 6.45) is 1.49. The summed E-state index contributed by atoms with van der Waals surface area (Å²) in [4.78, 5) is 12.5. The molecule has 0 unspecified atom stereocenters. The van der Waals surface area contributed by atoms with Crippen LogP contribution in [-0.2, 0) is 10.0 Å². The Balaban J connectivity index is 1.98. The van der Waals surface area contributed by atoms with E-state index in [9.17, 15) is 13.2 Å². The standard InChI is InChI=1S/C22H18ClNO4S/c1-2-15-24(17-9-5-3-6-10-17)29(26,27)19-13-14-21(23)20(16-19)22(25)28-18-11-7-4-8-12-18/h2-14,16H,1,15H2. The highest BCUT2D eigenvalue weighted by Crippen LogP contribution is 2.27. The summed E-state index contributed by atoms with van der Waals surface area (Å²) in [5.41, 5.74) is 0.443. The summed E-state index contributed by atoms with van der Waals surface area (Å²) in [6.45, 7) is 3.71. The third kappa shape index (κ3) is 4.67. The van der Waals surface area contributed by atoms with E-state index in [0.717, 1.165) is 0 Å². The zero-order chi connectivity index (χ0) is 20.9. The largest absolute Gasteiger partial charge is 0.423 e. The lowest BCUT2D eigenvalue weighted by molar-refractivity contribution is 0.0734. The number of rotatable bonds is 7. The predicted molar refractivity (Wildman–Crippen MR) is 114 cm³/mol. The van der Waals surface area contributed by atoms with Gasteiger partial charge in [0.2, 0.25) is 0 Å². The quantitative estimate of drug-likeness (QED) is 0.304. The van der Waals surface area contributed by atoms with Crippen molar-refractivity contribution in [3.63, 3.8) is 0 Å². The van der Waals surface area contributed by atoms with E-state index in [1.54, 1.807) is 60.7 Å². The molecule has 148 valence electrons. The summed E-state index contributed by atoms with van der Waals surface area (Å²) < 4.78 is 33.0. The van der Waals surface area contributed by atoms with Crippen molar-refractivity contribution in [3.8, 4) is 5.75 Å². The lowest BCUT2D eigenvalue weighted by Crippen LogP contribution is -2.31. The lowest BCUT2D eigenvalue weighted by Gasteiger charge is -2.23. The molecule has 0 amide bonds. The predicted octanol–water partition coefficient (Wildman–Crippen LogP) is 4.94. The molecule has 0 spiro atoms. The molecule has 3 aromatic rings. The Hall–Kier alpha value is -3.09. The number of hydrogen-bond donors (Lipinski definition) is 0. The van der Waals surface area contributed by atoms with Crippen LogP contribution in [0.4, 0.5) is 5.69 Å². The number of sulfonamides is 1. The second-order valence-electron chi connectivity index (χ2n) is 6.00. The first-order valence-corrected chi connectivity index (χ1v) is 10.5. The molecule has 0 bridgehead atoms. The summed E-state index contributed by atoms with van der Waals surface area (Å²) in [6, 6.07) is 21.1. The number of anilines is 1. The van der Waals surface area contributed by atoms with Crippen LogP contribution in [0, 0.1) is 0 Å². The molecule has 3 aromatic carbocycles. The van der Waals surface area contributed by atoms with Crippen molar-refractivity contribution in [1.82, 2.24) is 0 Å². The Kier molecular flexibility index (Phi) is 6.36. The molecule has 0 fully saturated rings. The molecule has 0 saturated heterocycles. The van der Waals surface area contributed by atoms with Crippen molar-refractivity contribution in [1.29, 1.82) is 0 Å². The molecule has 0 aromatic heterocycles. The maximum atomic E-state index is 13.3. The summed E-state index contributed by atoms with van der Waals surface area (Å²) >= 11 is 6.14. The highest BCUT2D eigenvalue weighted by molar-refractivity contribution is 7.92. The number of nitrogens with zero attached hydrogens (tertiary/aromatic N) is 1. The molecule has 0 heterocycles. The Bertz CT molecular complexity index is 1120. The topological polar surface area (TPSA) is 63.7 Å². The second kappa shape index (κ2) is 8.94. The van der Waals surface area contributed by atoms with Crippen LogP contribution in [0.3, 0.4) is 0 Å². The zero-order valence-electron chi connectivity index (χ0n) is 15.4. The fourth-order valence-electron chi connectivity index (χ4n) is 2.65. The number of halogens is 1. The molecule has 5 nitrogen and oxygen atoms in total. The maximum Gasteiger partial charge on any atom is 0.345 e. The normalized spacial score (nSPS) is 10.9. The minimum absolute atomic E-state index is 0.0387. The van der Waals surface area contributed by atoms with Crippen LogP contribution in [0.15, 0.2) is 96.4 Å². The lowest BCUT2D eigenvalue weighted by atomic mass is 10.2. The van der Waals surface area contributed by atoms with Gasteiger partial charge in [-0.2, -0.15) is 0 Å². The molecule has 0 aliphatic carbocycles. The van der Waals surface area contributed by atoms with E-state index in [2.05, 4.69) is 6.58 Å². The van der Waals surface area contributed by atoms with Crippen molar-refractivity contribution in [3.05, 3.63) is 102 Å². The highest BCUT2D eigenvalue weighted by Gasteiger charge is 2.26. The van der Waals surface area contributed by atoms with Crippen molar-refractivity contribution < 1.29 is 17.9 Å². The SMILES string of the molecule is C=CCN(c1ccccc1)S(=O)(=O)c1ccc(Cl)c(C(=O)Oc2ccccc2)c1. The first-order chi connectivity index (χ1) is 13.9. The molecule has 7 heteroatoms. The average molecular weight is 428 g/mol. The van der Waals surface area contributed by atoms with Gasteiger partial charge in [0.15, 0.2) is 0 Å². The molecule has 0 aliphatic heterocycles. The Labute approximate surface area is 174 Å². The van der Waals surface area contributed by atoms with E-state index >= 15 is 0 Å². The average Bonchev–Trinajstić information content (AvgIpc) is 2.73. The Morgan fingerprint density at radius 3 is 2.24 bits per heavy atom. The number of para-hydroxylation sites is 2. The van der Waals surface area contributed by atoms with E-state index in [4.69, 9.17) is 16.3 Å². The molecule has 0 aliphatic rings. The third-order valence-electron chi connectivity index (χ3n) is 4.04. The van der Waals surface area contributed by atoms with Crippen molar-refractivity contribution in [2.75, 3.05) is 10.8 Å². The van der Waals surface area contributed by atoms with Crippen LogP contribution < -0.4 is 9.04 Å². The molecule has 0 N–H and O–H groups in total. The van der Waals surface area contributed by atoms with Crippen molar-refractivity contribution in [2.45, 2.75) is 4.90 Å². The van der Waals surface area contributed by atoms with E-state index in [-0.39, 0.29) is 22.0 Å². The molecule has 0 atom stereocenters. The number of carbonyl (C=O) groups is 1. The van der Waals surface area contributed by atoms with Crippen molar-refractivity contribution >= 4 is 33.3 Å². The summed E-state index contributed by atoms with van der Waals surface area (Å²) in [7, 11) is -3.97. The number of hydrogen-bond acceptors (Lipinski definition) is 4. The van der Waals surface area contributed by atoms with Gasteiger partial charge in [0.25, 0.3) is 10.0 Å². The zero-order valence-corrected chi connectivity index (χ0v) is 16.9. The van der Waals surface area contributed by atoms with Gasteiger partial charge < -0.3 is 4.74 Å². The molecular formula is C22H18ClNO4S. The monoisotopic (exact) mass is 427 g/mol. The number of benzene rings is 3. The minimum Gasteiger partial charge on any atom is -0.423 e. The number of esters is 1. The van der Waals surface area contributed by atoms with Crippen molar-refractivity contribution in [2.24, 2.45) is 0 Å². The fraction of sp³-hybridized carbons (Fsp3) is 0.0455. The van der Waals surface area contributed by atoms with Gasteiger partial charge in [0, 0.05) is 0 Å². The summed E-state index contributed by atoms with van der Waals surface area (Å²) in [5, 5.41) is 0.0971. The van der Waals surface area contributed by atoms with Gasteiger partial charge >= 0.3 is 5.97 Å². The Morgan fingerprint density at radius 1 is 1.00 bits per heavy atom. The van der Waals surface area contributed by atoms with Gasteiger partial charge in [-0.15, -0.1) is 6.58 Å². The minimum atomic E-state index is -3.97. The first-order valence-electron chi connectivity index (χ1n) is 8.69. The Morgan fingerprint density at radius 2 is 1.62 bits per heavy atom. The van der Waals surface area contributed by atoms with Gasteiger partial charge in [-0.25, -0.2) is 13.2 Å². The van der Waals surface area contributed by atoms with Crippen LogP contribution in [-0.4, -0.2) is 20.9 Å². The van der Waals surface area contributed by atoms with E-state index in [0.29, 0.717) is 11.4 Å². The van der Waals surface area contributed by atoms with Gasteiger partial charge in [0.05, 0.1) is 27.7 Å². The molecule has 3 rings (SSSR count). The van der Waals surface area contributed by atoms with Crippen LogP contribution >= 0.6 is 11.6 Å². The molecule has 0 saturated carbocycles.